The van der Waals surface area contributed by atoms with Crippen LogP contribution in [0.3, 0.4) is 0 Å². The number of amides is 1. The van der Waals surface area contributed by atoms with Crippen molar-refractivity contribution in [3.63, 3.8) is 0 Å². The first-order chi connectivity index (χ1) is 10.6. The van der Waals surface area contributed by atoms with E-state index in [0.29, 0.717) is 5.02 Å². The van der Waals surface area contributed by atoms with E-state index in [2.05, 4.69) is 31.9 Å². The molecule has 1 fully saturated rings. The zero-order chi connectivity index (χ0) is 17.4. The summed E-state index contributed by atoms with van der Waals surface area (Å²) in [6, 6.07) is 7.56. The fourth-order valence-corrected chi connectivity index (χ4v) is 4.70. The maximum absolute atomic E-state index is 12.0. The molecule has 0 aliphatic carbocycles. The lowest BCUT2D eigenvalue weighted by molar-refractivity contribution is -0.140. The minimum atomic E-state index is -1.68. The van der Waals surface area contributed by atoms with Gasteiger partial charge in [0.25, 0.3) is 0 Å². The van der Waals surface area contributed by atoms with Crippen molar-refractivity contribution in [2.45, 2.75) is 45.6 Å². The summed E-state index contributed by atoms with van der Waals surface area (Å²) in [5, 5.41) is 3.70. The smallest absolute Gasteiger partial charge is 0.228 e. The molecule has 0 spiro atoms. The molecule has 1 amide bonds. The number of carbonyl (C=O) groups excluding carboxylic acids is 1. The number of carbonyl (C=O) groups is 1. The number of benzene rings is 1. The third-order valence-corrected chi connectivity index (χ3v) is 6.06. The molecule has 0 saturated carbocycles. The van der Waals surface area contributed by atoms with Crippen LogP contribution in [0.25, 0.3) is 0 Å². The summed E-state index contributed by atoms with van der Waals surface area (Å²) >= 11 is 11.6. The van der Waals surface area contributed by atoms with Crippen molar-refractivity contribution in [1.82, 2.24) is 5.32 Å². The molecule has 23 heavy (non-hydrogen) atoms. The highest BCUT2D eigenvalue weighted by atomic mass is 35.5. The van der Waals surface area contributed by atoms with Gasteiger partial charge >= 0.3 is 0 Å². The number of nitrogens with one attached hydrogen (secondary N) is 1. The third-order valence-electron chi connectivity index (χ3n) is 4.12. The van der Waals surface area contributed by atoms with Crippen molar-refractivity contribution in [2.24, 2.45) is 11.8 Å². The topological polar surface area (TPSA) is 38.3 Å². The highest BCUT2D eigenvalue weighted by Crippen LogP contribution is 2.31. The molecule has 1 N–H and O–H groups in total. The Bertz CT molecular complexity index is 600. The quantitative estimate of drug-likeness (QED) is 0.356. The van der Waals surface area contributed by atoms with Crippen molar-refractivity contribution >= 4 is 42.9 Å². The van der Waals surface area contributed by atoms with Crippen LogP contribution in [0.1, 0.15) is 19.4 Å². The summed E-state index contributed by atoms with van der Waals surface area (Å²) in [4.78, 5) is 12.9. The average molecular weight is 370 g/mol. The molecule has 1 aliphatic heterocycles. The van der Waals surface area contributed by atoms with Gasteiger partial charge in [0.05, 0.1) is 18.1 Å². The van der Waals surface area contributed by atoms with Gasteiger partial charge in [-0.25, -0.2) is 0 Å². The van der Waals surface area contributed by atoms with Crippen LogP contribution < -0.4 is 5.32 Å². The van der Waals surface area contributed by atoms with Crippen molar-refractivity contribution in [3.8, 4) is 0 Å². The minimum absolute atomic E-state index is 0.0250. The molecule has 1 saturated heterocycles. The van der Waals surface area contributed by atoms with E-state index >= 15 is 0 Å². The molecule has 0 unspecified atom stereocenters. The van der Waals surface area contributed by atoms with Crippen LogP contribution in [-0.2, 0) is 9.22 Å². The lowest BCUT2D eigenvalue weighted by Gasteiger charge is -2.45. The molecule has 1 heterocycles. The van der Waals surface area contributed by atoms with E-state index in [0.717, 1.165) is 10.4 Å². The summed E-state index contributed by atoms with van der Waals surface area (Å²) in [5.74, 6) is -0.00459. The highest BCUT2D eigenvalue weighted by molar-refractivity contribution is 7.80. The molecular formula is C17H24ClNO2SSi. The maximum Gasteiger partial charge on any atom is 0.228 e. The molecular weight excluding hydrogens is 346 g/mol. The van der Waals surface area contributed by atoms with E-state index in [4.69, 9.17) is 28.2 Å². The first-order valence-corrected chi connectivity index (χ1v) is 12.1. The largest absolute Gasteiger partial charge is 0.414 e. The molecule has 1 aromatic carbocycles. The number of hydrogen-bond acceptors (Lipinski definition) is 3. The second-order valence-electron chi connectivity index (χ2n) is 7.16. The zero-order valence-corrected chi connectivity index (χ0v) is 16.8. The molecule has 3 nitrogen and oxygen atoms in total. The van der Waals surface area contributed by atoms with Gasteiger partial charge in [0.1, 0.15) is 0 Å². The van der Waals surface area contributed by atoms with E-state index < -0.39 is 8.32 Å². The molecule has 6 heteroatoms. The monoisotopic (exact) mass is 369 g/mol. The Hall–Kier alpha value is -0.753. The van der Waals surface area contributed by atoms with Crippen LogP contribution in [0.15, 0.2) is 24.3 Å². The van der Waals surface area contributed by atoms with Gasteiger partial charge in [-0.3, -0.25) is 4.79 Å². The molecule has 0 radical (unpaired) electrons. The molecule has 2 rings (SSSR count). The summed E-state index contributed by atoms with van der Waals surface area (Å²) < 4.78 is 6.11. The van der Waals surface area contributed by atoms with Crippen molar-refractivity contribution in [3.05, 3.63) is 34.9 Å². The molecule has 4 atom stereocenters. The highest BCUT2D eigenvalue weighted by Gasteiger charge is 2.47. The Morgan fingerprint density at radius 1 is 1.26 bits per heavy atom. The average Bonchev–Trinajstić information content (AvgIpc) is 2.41. The lowest BCUT2D eigenvalue weighted by Crippen LogP contribution is -2.66. The summed E-state index contributed by atoms with van der Waals surface area (Å²) in [5.41, 5.74) is 0.982. The summed E-state index contributed by atoms with van der Waals surface area (Å²) in [6.07, 6.45) is -0.0871. The Morgan fingerprint density at radius 3 is 2.30 bits per heavy atom. The van der Waals surface area contributed by atoms with Crippen LogP contribution in [0.2, 0.25) is 24.7 Å². The SMILES string of the molecule is C[C@@H](O[Si](C)(C)C)[C@H]1C(=O)N[C@@H]1[C@@H](C)C(=S)c1ccc(Cl)cc1. The predicted molar refractivity (Wildman–Crippen MR) is 102 cm³/mol. The Balaban J connectivity index is 2.09. The standard InChI is InChI=1S/C17H24ClNO2SSi/c1-10(16(22)12-6-8-13(18)9-7-12)15-14(17(20)19-15)11(2)21-23(3,4)5/h6-11,14-15H,1-5H3,(H,19,20)/t10-,11-,14-,15-/m1/s1. The van der Waals surface area contributed by atoms with Gasteiger partial charge < -0.3 is 9.74 Å². The fraction of sp³-hybridized carbons (Fsp3) is 0.529. The van der Waals surface area contributed by atoms with Crippen LogP contribution >= 0.6 is 23.8 Å². The van der Waals surface area contributed by atoms with Gasteiger partial charge in [0.15, 0.2) is 8.32 Å². The van der Waals surface area contributed by atoms with Gasteiger partial charge in [-0.1, -0.05) is 42.9 Å². The van der Waals surface area contributed by atoms with E-state index in [1.54, 1.807) is 0 Å². The van der Waals surface area contributed by atoms with E-state index in [-0.39, 0.29) is 29.9 Å². The van der Waals surface area contributed by atoms with Crippen molar-refractivity contribution < 1.29 is 9.22 Å². The molecule has 1 aliphatic rings. The number of β-lactam (4-membered cyclic amide) rings is 1. The lowest BCUT2D eigenvalue weighted by atomic mass is 9.77. The van der Waals surface area contributed by atoms with Crippen LogP contribution in [-0.4, -0.2) is 31.2 Å². The fourth-order valence-electron chi connectivity index (χ4n) is 3.03. The normalized spacial score (nSPS) is 23.7. The van der Waals surface area contributed by atoms with Gasteiger partial charge in [0, 0.05) is 15.8 Å². The van der Waals surface area contributed by atoms with E-state index in [9.17, 15) is 4.79 Å². The Labute approximate surface area is 149 Å². The van der Waals surface area contributed by atoms with E-state index in [1.807, 2.05) is 31.2 Å². The minimum Gasteiger partial charge on any atom is -0.414 e. The van der Waals surface area contributed by atoms with Gasteiger partial charge in [0.2, 0.25) is 5.91 Å². The first-order valence-electron chi connectivity index (χ1n) is 7.88. The van der Waals surface area contributed by atoms with Crippen molar-refractivity contribution in [1.29, 1.82) is 0 Å². The van der Waals surface area contributed by atoms with Gasteiger partial charge in [-0.2, -0.15) is 0 Å². The first kappa shape index (κ1) is 18.6. The zero-order valence-electron chi connectivity index (χ0n) is 14.2. The molecule has 126 valence electrons. The molecule has 1 aromatic rings. The number of thiocarbonyl (C=S) groups is 1. The van der Waals surface area contributed by atoms with Gasteiger partial charge in [-0.15, -0.1) is 0 Å². The van der Waals surface area contributed by atoms with Crippen LogP contribution in [0.4, 0.5) is 0 Å². The summed E-state index contributed by atoms with van der Waals surface area (Å²) in [7, 11) is -1.68. The second kappa shape index (κ2) is 7.01. The molecule has 0 bridgehead atoms. The maximum atomic E-state index is 12.0. The summed E-state index contributed by atoms with van der Waals surface area (Å²) in [6.45, 7) is 10.5. The Kier molecular flexibility index (Phi) is 5.66. The van der Waals surface area contributed by atoms with E-state index in [1.165, 1.54) is 0 Å². The second-order valence-corrected chi connectivity index (χ2v) is 12.5. The van der Waals surface area contributed by atoms with Gasteiger partial charge in [-0.05, 0) is 44.3 Å². The Morgan fingerprint density at radius 2 is 1.83 bits per heavy atom. The number of halogens is 1. The van der Waals surface area contributed by atoms with Crippen molar-refractivity contribution in [2.75, 3.05) is 0 Å². The number of hydrogen-bond donors (Lipinski definition) is 1. The predicted octanol–water partition coefficient (Wildman–Crippen LogP) is 4.05. The van der Waals surface area contributed by atoms with Crippen LogP contribution in [0.5, 0.6) is 0 Å². The number of rotatable bonds is 6. The van der Waals surface area contributed by atoms with Crippen LogP contribution in [0, 0.1) is 11.8 Å². The third kappa shape index (κ3) is 4.41. The molecule has 0 aromatic heterocycles.